The van der Waals surface area contributed by atoms with Crippen molar-refractivity contribution in [2.75, 3.05) is 5.32 Å². The van der Waals surface area contributed by atoms with Gasteiger partial charge in [-0.1, -0.05) is 38.0 Å². The van der Waals surface area contributed by atoms with E-state index in [4.69, 9.17) is 5.73 Å². The second-order valence-corrected chi connectivity index (χ2v) is 5.52. The topological polar surface area (TPSA) is 55.1 Å². The third-order valence-corrected chi connectivity index (χ3v) is 3.88. The standard InChI is InChI=1S/C16H24N2O/c1-2-6-12-7-3-4-10-15(12)18-16(19)13-8-5-9-14(17)11-13/h3-4,7,10,13-14H,2,5-6,8-9,11,17H2,1H3,(H,18,19). The van der Waals surface area contributed by atoms with Crippen LogP contribution in [0, 0.1) is 5.92 Å². The van der Waals surface area contributed by atoms with Gasteiger partial charge >= 0.3 is 0 Å². The molecule has 1 amide bonds. The van der Waals surface area contributed by atoms with E-state index >= 15 is 0 Å². The van der Waals surface area contributed by atoms with Crippen LogP contribution in [-0.4, -0.2) is 11.9 Å². The highest BCUT2D eigenvalue weighted by Crippen LogP contribution is 2.25. The molecule has 104 valence electrons. The van der Waals surface area contributed by atoms with Crippen molar-refractivity contribution < 1.29 is 4.79 Å². The molecule has 1 aliphatic carbocycles. The molecule has 2 unspecified atom stereocenters. The smallest absolute Gasteiger partial charge is 0.227 e. The van der Waals surface area contributed by atoms with Crippen LogP contribution < -0.4 is 11.1 Å². The van der Waals surface area contributed by atoms with Gasteiger partial charge in [-0.15, -0.1) is 0 Å². The van der Waals surface area contributed by atoms with E-state index in [0.717, 1.165) is 44.2 Å². The Hall–Kier alpha value is -1.35. The van der Waals surface area contributed by atoms with Crippen LogP contribution in [0.3, 0.4) is 0 Å². The minimum atomic E-state index is 0.0819. The van der Waals surface area contributed by atoms with Crippen molar-refractivity contribution in [3.8, 4) is 0 Å². The largest absolute Gasteiger partial charge is 0.328 e. The van der Waals surface area contributed by atoms with Gasteiger partial charge in [0.15, 0.2) is 0 Å². The van der Waals surface area contributed by atoms with Crippen molar-refractivity contribution in [3.63, 3.8) is 0 Å². The second-order valence-electron chi connectivity index (χ2n) is 5.52. The molecule has 3 nitrogen and oxygen atoms in total. The number of hydrogen-bond acceptors (Lipinski definition) is 2. The summed E-state index contributed by atoms with van der Waals surface area (Å²) >= 11 is 0. The lowest BCUT2D eigenvalue weighted by Gasteiger charge is -2.26. The number of amides is 1. The Balaban J connectivity index is 2.02. The van der Waals surface area contributed by atoms with Crippen molar-refractivity contribution in [1.29, 1.82) is 0 Å². The maximum absolute atomic E-state index is 12.3. The van der Waals surface area contributed by atoms with E-state index in [2.05, 4.69) is 18.3 Å². The minimum Gasteiger partial charge on any atom is -0.328 e. The first-order valence-corrected chi connectivity index (χ1v) is 7.35. The van der Waals surface area contributed by atoms with Gasteiger partial charge < -0.3 is 11.1 Å². The van der Waals surface area contributed by atoms with Gasteiger partial charge in [-0.3, -0.25) is 4.79 Å². The highest BCUT2D eigenvalue weighted by atomic mass is 16.1. The molecule has 1 fully saturated rings. The van der Waals surface area contributed by atoms with Gasteiger partial charge in [0.25, 0.3) is 0 Å². The summed E-state index contributed by atoms with van der Waals surface area (Å²) in [4.78, 5) is 12.3. The van der Waals surface area contributed by atoms with Gasteiger partial charge in [0.2, 0.25) is 5.91 Å². The van der Waals surface area contributed by atoms with Crippen LogP contribution in [0.1, 0.15) is 44.6 Å². The number of aryl methyl sites for hydroxylation is 1. The number of carbonyl (C=O) groups is 1. The van der Waals surface area contributed by atoms with E-state index in [9.17, 15) is 4.79 Å². The lowest BCUT2D eigenvalue weighted by atomic mass is 9.85. The fourth-order valence-electron chi connectivity index (χ4n) is 2.83. The molecule has 0 saturated heterocycles. The van der Waals surface area contributed by atoms with Gasteiger partial charge in [0, 0.05) is 17.6 Å². The zero-order chi connectivity index (χ0) is 13.7. The van der Waals surface area contributed by atoms with E-state index in [0.29, 0.717) is 0 Å². The number of nitrogens with one attached hydrogen (secondary N) is 1. The number of anilines is 1. The number of hydrogen-bond donors (Lipinski definition) is 2. The van der Waals surface area contributed by atoms with Crippen molar-refractivity contribution in [3.05, 3.63) is 29.8 Å². The molecule has 0 aromatic heterocycles. The maximum atomic E-state index is 12.3. The zero-order valence-corrected chi connectivity index (χ0v) is 11.7. The Bertz CT molecular complexity index is 431. The summed E-state index contributed by atoms with van der Waals surface area (Å²) in [6, 6.07) is 8.27. The summed E-state index contributed by atoms with van der Waals surface area (Å²) in [5.74, 6) is 0.220. The van der Waals surface area contributed by atoms with E-state index < -0.39 is 0 Å². The lowest BCUT2D eigenvalue weighted by Crippen LogP contribution is -2.34. The molecule has 1 saturated carbocycles. The Morgan fingerprint density at radius 2 is 2.16 bits per heavy atom. The molecule has 0 spiro atoms. The summed E-state index contributed by atoms with van der Waals surface area (Å²) in [5, 5.41) is 3.09. The number of rotatable bonds is 4. The zero-order valence-electron chi connectivity index (χ0n) is 11.7. The normalized spacial score (nSPS) is 23.1. The second kappa shape index (κ2) is 6.71. The predicted octanol–water partition coefficient (Wildman–Crippen LogP) is 3.10. The molecule has 3 N–H and O–H groups in total. The molecule has 3 heteroatoms. The molecule has 0 heterocycles. The van der Waals surface area contributed by atoms with E-state index in [1.807, 2.05) is 18.2 Å². The summed E-state index contributed by atoms with van der Waals surface area (Å²) in [6.45, 7) is 2.15. The Morgan fingerprint density at radius 1 is 1.37 bits per heavy atom. The van der Waals surface area contributed by atoms with Crippen LogP contribution in [0.2, 0.25) is 0 Å². The van der Waals surface area contributed by atoms with E-state index in [1.165, 1.54) is 5.56 Å². The molecule has 2 rings (SSSR count). The molecule has 0 aliphatic heterocycles. The summed E-state index contributed by atoms with van der Waals surface area (Å²) < 4.78 is 0. The SMILES string of the molecule is CCCc1ccccc1NC(=O)C1CCCC(N)C1. The van der Waals surface area contributed by atoms with Crippen LogP contribution in [0.4, 0.5) is 5.69 Å². The van der Waals surface area contributed by atoms with Crippen LogP contribution in [0.25, 0.3) is 0 Å². The first-order valence-electron chi connectivity index (χ1n) is 7.35. The molecule has 1 aliphatic rings. The van der Waals surface area contributed by atoms with E-state index in [-0.39, 0.29) is 17.9 Å². The minimum absolute atomic E-state index is 0.0819. The molecule has 0 bridgehead atoms. The van der Waals surface area contributed by atoms with Gasteiger partial charge in [0.1, 0.15) is 0 Å². The third-order valence-electron chi connectivity index (χ3n) is 3.88. The Kier molecular flexibility index (Phi) is 4.97. The van der Waals surface area contributed by atoms with Gasteiger partial charge in [-0.2, -0.15) is 0 Å². The van der Waals surface area contributed by atoms with Crippen molar-refractivity contribution in [1.82, 2.24) is 0 Å². The summed E-state index contributed by atoms with van der Waals surface area (Å²) in [7, 11) is 0. The van der Waals surface area contributed by atoms with Crippen LogP contribution >= 0.6 is 0 Å². The lowest BCUT2D eigenvalue weighted by molar-refractivity contribution is -0.120. The average molecular weight is 260 g/mol. The molecule has 1 aromatic rings. The van der Waals surface area contributed by atoms with Crippen LogP contribution in [0.5, 0.6) is 0 Å². The van der Waals surface area contributed by atoms with Crippen LogP contribution in [-0.2, 0) is 11.2 Å². The van der Waals surface area contributed by atoms with Crippen molar-refractivity contribution >= 4 is 11.6 Å². The molecule has 19 heavy (non-hydrogen) atoms. The number of para-hydroxylation sites is 1. The first kappa shape index (κ1) is 14.1. The monoisotopic (exact) mass is 260 g/mol. The Labute approximate surface area is 115 Å². The van der Waals surface area contributed by atoms with E-state index in [1.54, 1.807) is 0 Å². The molecular formula is C16H24N2O. The average Bonchev–Trinajstić information content (AvgIpc) is 2.41. The third kappa shape index (κ3) is 3.80. The Morgan fingerprint density at radius 3 is 2.89 bits per heavy atom. The number of nitrogens with two attached hydrogens (primary N) is 1. The van der Waals surface area contributed by atoms with Gasteiger partial charge in [0.05, 0.1) is 0 Å². The van der Waals surface area contributed by atoms with Crippen LogP contribution in [0.15, 0.2) is 24.3 Å². The summed E-state index contributed by atoms with van der Waals surface area (Å²) in [6.07, 6.45) is 5.99. The fourth-order valence-corrected chi connectivity index (χ4v) is 2.83. The quantitative estimate of drug-likeness (QED) is 0.874. The number of carbonyl (C=O) groups excluding carboxylic acids is 1. The first-order chi connectivity index (χ1) is 9.20. The number of benzene rings is 1. The molecular weight excluding hydrogens is 236 g/mol. The van der Waals surface area contributed by atoms with Crippen molar-refractivity contribution in [2.24, 2.45) is 11.7 Å². The fraction of sp³-hybridized carbons (Fsp3) is 0.562. The molecule has 1 aromatic carbocycles. The predicted molar refractivity (Wildman–Crippen MR) is 79.0 cm³/mol. The highest BCUT2D eigenvalue weighted by molar-refractivity contribution is 5.93. The van der Waals surface area contributed by atoms with Gasteiger partial charge in [-0.05, 0) is 37.3 Å². The van der Waals surface area contributed by atoms with Crippen molar-refractivity contribution in [2.45, 2.75) is 51.5 Å². The summed E-state index contributed by atoms with van der Waals surface area (Å²) in [5.41, 5.74) is 8.14. The highest BCUT2D eigenvalue weighted by Gasteiger charge is 2.25. The molecule has 2 atom stereocenters. The molecule has 0 radical (unpaired) electrons. The maximum Gasteiger partial charge on any atom is 0.227 e. The van der Waals surface area contributed by atoms with Gasteiger partial charge in [-0.25, -0.2) is 0 Å².